The van der Waals surface area contributed by atoms with Crippen molar-refractivity contribution in [2.75, 3.05) is 18.2 Å². The summed E-state index contributed by atoms with van der Waals surface area (Å²) in [6, 6.07) is 14.0. The van der Waals surface area contributed by atoms with Crippen LogP contribution < -0.4 is 10.1 Å². The molecule has 3 rings (SSSR count). The Morgan fingerprint density at radius 2 is 1.85 bits per heavy atom. The first-order valence-corrected chi connectivity index (χ1v) is 9.06. The minimum Gasteiger partial charge on any atom is -0.496 e. The summed E-state index contributed by atoms with van der Waals surface area (Å²) in [7, 11) is 1.57. The van der Waals surface area contributed by atoms with E-state index < -0.39 is 0 Å². The van der Waals surface area contributed by atoms with E-state index in [0.29, 0.717) is 28.5 Å². The number of rotatable bonds is 7. The Morgan fingerprint density at radius 1 is 1.11 bits per heavy atom. The van der Waals surface area contributed by atoms with Gasteiger partial charge in [-0.3, -0.25) is 9.59 Å². The molecule has 1 aromatic heterocycles. The second-order valence-corrected chi connectivity index (χ2v) is 6.47. The molecule has 0 aliphatic carbocycles. The van der Waals surface area contributed by atoms with Gasteiger partial charge in [0.2, 0.25) is 5.91 Å². The van der Waals surface area contributed by atoms with E-state index in [-0.39, 0.29) is 22.7 Å². The largest absolute Gasteiger partial charge is 0.496 e. The zero-order valence-corrected chi connectivity index (χ0v) is 15.6. The number of para-hydroxylation sites is 1. The first-order chi connectivity index (χ1) is 13.1. The highest BCUT2D eigenvalue weighted by atomic mass is 32.2. The lowest BCUT2D eigenvalue weighted by molar-refractivity contribution is -0.113. The number of benzene rings is 2. The zero-order chi connectivity index (χ0) is 19.2. The van der Waals surface area contributed by atoms with Crippen LogP contribution in [-0.2, 0) is 4.79 Å². The minimum atomic E-state index is -0.215. The maximum absolute atomic E-state index is 12.1. The molecule has 0 aliphatic rings. The van der Waals surface area contributed by atoms with E-state index in [0.717, 1.165) is 11.8 Å². The van der Waals surface area contributed by atoms with E-state index in [1.54, 1.807) is 37.4 Å². The number of thioether (sulfide) groups is 1. The Balaban J connectivity index is 1.58. The molecule has 1 N–H and O–H groups in total. The molecule has 1 amide bonds. The zero-order valence-electron chi connectivity index (χ0n) is 14.8. The van der Waals surface area contributed by atoms with Gasteiger partial charge in [-0.05, 0) is 43.3 Å². The topological polar surface area (TPSA) is 94.3 Å². The number of hydrogen-bond donors (Lipinski definition) is 1. The van der Waals surface area contributed by atoms with Crippen LogP contribution in [0.2, 0.25) is 0 Å². The van der Waals surface area contributed by atoms with Gasteiger partial charge in [0.25, 0.3) is 11.1 Å². The second-order valence-electron chi connectivity index (χ2n) is 5.54. The third-order valence-electron chi connectivity index (χ3n) is 3.65. The highest BCUT2D eigenvalue weighted by molar-refractivity contribution is 7.99. The van der Waals surface area contributed by atoms with Gasteiger partial charge in [-0.1, -0.05) is 23.9 Å². The summed E-state index contributed by atoms with van der Waals surface area (Å²) >= 11 is 1.14. The molecular formula is C19H17N3O4S. The molecule has 0 bridgehead atoms. The summed E-state index contributed by atoms with van der Waals surface area (Å²) in [5.41, 5.74) is 1.90. The predicted molar refractivity (Wildman–Crippen MR) is 102 cm³/mol. The molecular weight excluding hydrogens is 366 g/mol. The molecule has 0 saturated heterocycles. The summed E-state index contributed by atoms with van der Waals surface area (Å²) < 4.78 is 10.9. The molecule has 27 heavy (non-hydrogen) atoms. The number of Topliss-reactive ketones (excluding diaryl/α,β-unsaturated/α-hetero) is 1. The summed E-state index contributed by atoms with van der Waals surface area (Å²) in [6.45, 7) is 1.49. The van der Waals surface area contributed by atoms with Crippen LogP contribution in [0.1, 0.15) is 17.3 Å². The van der Waals surface area contributed by atoms with E-state index in [9.17, 15) is 9.59 Å². The molecule has 0 aliphatic heterocycles. The van der Waals surface area contributed by atoms with Crippen LogP contribution in [0.25, 0.3) is 11.5 Å². The van der Waals surface area contributed by atoms with Crippen LogP contribution in [-0.4, -0.2) is 34.8 Å². The molecule has 8 heteroatoms. The van der Waals surface area contributed by atoms with Crippen LogP contribution in [0.3, 0.4) is 0 Å². The van der Waals surface area contributed by atoms with E-state index in [1.807, 2.05) is 18.2 Å². The summed E-state index contributed by atoms with van der Waals surface area (Å²) in [5, 5.41) is 11.0. The fraction of sp³-hybridized carbons (Fsp3) is 0.158. The van der Waals surface area contributed by atoms with Crippen molar-refractivity contribution in [2.24, 2.45) is 0 Å². The third kappa shape index (κ3) is 4.73. The number of carbonyl (C=O) groups excluding carboxylic acids is 2. The van der Waals surface area contributed by atoms with Gasteiger partial charge in [0, 0.05) is 11.3 Å². The molecule has 0 spiro atoms. The smallest absolute Gasteiger partial charge is 0.277 e. The molecule has 0 fully saturated rings. The van der Waals surface area contributed by atoms with Gasteiger partial charge >= 0.3 is 0 Å². The van der Waals surface area contributed by atoms with Gasteiger partial charge in [0.05, 0.1) is 18.4 Å². The van der Waals surface area contributed by atoms with Crippen molar-refractivity contribution in [3.63, 3.8) is 0 Å². The lowest BCUT2D eigenvalue weighted by Crippen LogP contribution is -2.14. The molecule has 138 valence electrons. The number of nitrogens with zero attached hydrogens (tertiary/aromatic N) is 2. The van der Waals surface area contributed by atoms with Crippen molar-refractivity contribution in [3.8, 4) is 17.2 Å². The number of aromatic nitrogens is 2. The SMILES string of the molecule is COc1ccccc1-c1nnc(SCC(=O)Nc2ccc(C(C)=O)cc2)o1. The summed E-state index contributed by atoms with van der Waals surface area (Å²) in [6.07, 6.45) is 0. The fourth-order valence-electron chi connectivity index (χ4n) is 2.31. The number of ether oxygens (including phenoxy) is 1. The summed E-state index contributed by atoms with van der Waals surface area (Å²) in [4.78, 5) is 23.3. The average Bonchev–Trinajstić information content (AvgIpc) is 3.15. The number of ketones is 1. The van der Waals surface area contributed by atoms with E-state index >= 15 is 0 Å². The van der Waals surface area contributed by atoms with Crippen molar-refractivity contribution < 1.29 is 18.7 Å². The Bertz CT molecular complexity index is 954. The maximum Gasteiger partial charge on any atom is 0.277 e. The van der Waals surface area contributed by atoms with Gasteiger partial charge < -0.3 is 14.5 Å². The van der Waals surface area contributed by atoms with Crippen molar-refractivity contribution in [1.82, 2.24) is 10.2 Å². The van der Waals surface area contributed by atoms with Gasteiger partial charge in [-0.2, -0.15) is 0 Å². The van der Waals surface area contributed by atoms with Crippen LogP contribution in [0.15, 0.2) is 58.2 Å². The molecule has 2 aromatic carbocycles. The normalized spacial score (nSPS) is 10.4. The number of carbonyl (C=O) groups is 2. The predicted octanol–water partition coefficient (Wildman–Crippen LogP) is 3.68. The standard InChI is InChI=1S/C19H17N3O4S/c1-12(23)13-7-9-14(10-8-13)20-17(24)11-27-19-22-21-18(26-19)15-5-3-4-6-16(15)25-2/h3-10H,11H2,1-2H3,(H,20,24). The Kier molecular flexibility index (Phi) is 5.87. The van der Waals surface area contributed by atoms with E-state index in [4.69, 9.17) is 9.15 Å². The van der Waals surface area contributed by atoms with Gasteiger partial charge in [-0.15, -0.1) is 10.2 Å². The second kappa shape index (κ2) is 8.50. The van der Waals surface area contributed by atoms with Gasteiger partial charge in [0.15, 0.2) is 5.78 Å². The van der Waals surface area contributed by atoms with Crippen molar-refractivity contribution in [3.05, 3.63) is 54.1 Å². The fourth-order valence-corrected chi connectivity index (χ4v) is 2.87. The Hall–Kier alpha value is -3.13. The molecule has 0 unspecified atom stereocenters. The van der Waals surface area contributed by atoms with Crippen molar-refractivity contribution >= 4 is 29.1 Å². The third-order valence-corrected chi connectivity index (χ3v) is 4.46. The highest BCUT2D eigenvalue weighted by Gasteiger charge is 2.14. The molecule has 0 saturated carbocycles. The number of nitrogens with one attached hydrogen (secondary N) is 1. The van der Waals surface area contributed by atoms with Crippen LogP contribution >= 0.6 is 11.8 Å². The number of anilines is 1. The van der Waals surface area contributed by atoms with Gasteiger partial charge in [-0.25, -0.2) is 0 Å². The Morgan fingerprint density at radius 3 is 2.56 bits per heavy atom. The number of hydrogen-bond acceptors (Lipinski definition) is 7. The van der Waals surface area contributed by atoms with Gasteiger partial charge in [0.1, 0.15) is 5.75 Å². The summed E-state index contributed by atoms with van der Waals surface area (Å²) in [5.74, 6) is 0.833. The molecule has 0 radical (unpaired) electrons. The number of methoxy groups -OCH3 is 1. The average molecular weight is 383 g/mol. The molecule has 1 heterocycles. The van der Waals surface area contributed by atoms with E-state index in [1.165, 1.54) is 6.92 Å². The van der Waals surface area contributed by atoms with Crippen molar-refractivity contribution in [2.45, 2.75) is 12.1 Å². The number of amides is 1. The Labute approximate surface area is 160 Å². The monoisotopic (exact) mass is 383 g/mol. The van der Waals surface area contributed by atoms with Crippen LogP contribution in [0, 0.1) is 0 Å². The quantitative estimate of drug-likeness (QED) is 0.491. The minimum absolute atomic E-state index is 0.0225. The maximum atomic E-state index is 12.1. The van der Waals surface area contributed by atoms with Crippen LogP contribution in [0.4, 0.5) is 5.69 Å². The van der Waals surface area contributed by atoms with E-state index in [2.05, 4.69) is 15.5 Å². The molecule has 3 aromatic rings. The highest BCUT2D eigenvalue weighted by Crippen LogP contribution is 2.30. The van der Waals surface area contributed by atoms with Crippen LogP contribution in [0.5, 0.6) is 5.75 Å². The van der Waals surface area contributed by atoms with Crippen molar-refractivity contribution in [1.29, 1.82) is 0 Å². The lowest BCUT2D eigenvalue weighted by atomic mass is 10.1. The molecule has 7 nitrogen and oxygen atoms in total. The molecule has 0 atom stereocenters. The first kappa shape index (κ1) is 18.7. The lowest BCUT2D eigenvalue weighted by Gasteiger charge is -2.04. The first-order valence-electron chi connectivity index (χ1n) is 8.07.